The lowest BCUT2D eigenvalue weighted by Crippen LogP contribution is -2.23. The molecule has 0 heterocycles. The summed E-state index contributed by atoms with van der Waals surface area (Å²) < 4.78 is 0. The molecule has 0 amide bonds. The van der Waals surface area contributed by atoms with Crippen molar-refractivity contribution in [2.75, 3.05) is 0 Å². The molecule has 52 valence electrons. The molecule has 3 nitrogen and oxygen atoms in total. The maximum atomic E-state index is 8.11. The van der Waals surface area contributed by atoms with Crippen LogP contribution in [0.3, 0.4) is 0 Å². The van der Waals surface area contributed by atoms with E-state index in [1.807, 2.05) is 27.7 Å². The molecule has 0 fully saturated rings. The van der Waals surface area contributed by atoms with Gasteiger partial charge in [-0.15, -0.1) is 0 Å². The van der Waals surface area contributed by atoms with Crippen molar-refractivity contribution in [2.45, 2.75) is 33.2 Å². The number of hydrogen-bond acceptors (Lipinski definition) is 1. The summed E-state index contributed by atoms with van der Waals surface area (Å²) in [5, 5.41) is 3.64. The van der Waals surface area contributed by atoms with E-state index in [1.54, 1.807) is 0 Å². The SMILES string of the molecule is CC(C)C(C)(C)N=[N+]=[N-]. The maximum Gasteiger partial charge on any atom is 0.0455 e. The molecule has 0 saturated carbocycles. The Hall–Kier alpha value is -0.690. The van der Waals surface area contributed by atoms with Gasteiger partial charge in [-0.1, -0.05) is 32.8 Å². The van der Waals surface area contributed by atoms with E-state index in [9.17, 15) is 0 Å². The van der Waals surface area contributed by atoms with E-state index < -0.39 is 0 Å². The molecule has 0 aromatic carbocycles. The van der Waals surface area contributed by atoms with Gasteiger partial charge in [-0.05, 0) is 11.4 Å². The van der Waals surface area contributed by atoms with Gasteiger partial charge in [-0.3, -0.25) is 0 Å². The Morgan fingerprint density at radius 3 is 2.00 bits per heavy atom. The minimum absolute atomic E-state index is 0.241. The molecule has 0 aliphatic carbocycles. The average molecular weight is 127 g/mol. The second-order valence-corrected chi connectivity index (χ2v) is 3.00. The molecule has 0 aromatic heterocycles. The van der Waals surface area contributed by atoms with Crippen molar-refractivity contribution in [3.63, 3.8) is 0 Å². The number of azide groups is 1. The quantitative estimate of drug-likeness (QED) is 0.311. The van der Waals surface area contributed by atoms with Gasteiger partial charge >= 0.3 is 0 Å². The predicted molar refractivity (Wildman–Crippen MR) is 38.1 cm³/mol. The van der Waals surface area contributed by atoms with Gasteiger partial charge in [0.05, 0.1) is 0 Å². The van der Waals surface area contributed by atoms with Crippen molar-refractivity contribution >= 4 is 0 Å². The molecule has 0 rings (SSSR count). The van der Waals surface area contributed by atoms with Crippen LogP contribution in [0.5, 0.6) is 0 Å². The molecule has 0 saturated heterocycles. The van der Waals surface area contributed by atoms with Gasteiger partial charge in [0.2, 0.25) is 0 Å². The Morgan fingerprint density at radius 1 is 1.44 bits per heavy atom. The molecule has 3 heteroatoms. The third kappa shape index (κ3) is 2.38. The lowest BCUT2D eigenvalue weighted by molar-refractivity contribution is 0.372. The summed E-state index contributed by atoms with van der Waals surface area (Å²) in [7, 11) is 0. The minimum atomic E-state index is -0.241. The fraction of sp³-hybridized carbons (Fsp3) is 1.00. The first-order valence-electron chi connectivity index (χ1n) is 3.07. The molecule has 0 atom stereocenters. The van der Waals surface area contributed by atoms with Gasteiger partial charge in [-0.25, -0.2) is 0 Å². The number of hydrogen-bond donors (Lipinski definition) is 0. The highest BCUT2D eigenvalue weighted by Gasteiger charge is 2.19. The Morgan fingerprint density at radius 2 is 1.89 bits per heavy atom. The largest absolute Gasteiger partial charge is 0.0876 e. The highest BCUT2D eigenvalue weighted by atomic mass is 15.2. The zero-order chi connectivity index (χ0) is 7.49. The van der Waals surface area contributed by atoms with Crippen LogP contribution in [-0.4, -0.2) is 5.54 Å². The van der Waals surface area contributed by atoms with Gasteiger partial charge in [0.25, 0.3) is 0 Å². The Kier molecular flexibility index (Phi) is 2.53. The van der Waals surface area contributed by atoms with E-state index in [0.717, 1.165) is 0 Å². The van der Waals surface area contributed by atoms with E-state index in [-0.39, 0.29) is 5.54 Å². The summed E-state index contributed by atoms with van der Waals surface area (Å²) in [4.78, 5) is 2.75. The highest BCUT2D eigenvalue weighted by Crippen LogP contribution is 2.19. The monoisotopic (exact) mass is 127 g/mol. The van der Waals surface area contributed by atoms with Crippen molar-refractivity contribution < 1.29 is 0 Å². The molecule has 0 radical (unpaired) electrons. The zero-order valence-corrected chi connectivity index (χ0v) is 6.42. The summed E-state index contributed by atoms with van der Waals surface area (Å²) in [6, 6.07) is 0. The van der Waals surface area contributed by atoms with Crippen molar-refractivity contribution in [1.29, 1.82) is 0 Å². The summed E-state index contributed by atoms with van der Waals surface area (Å²) in [6.07, 6.45) is 0. The molecule has 0 aliphatic rings. The van der Waals surface area contributed by atoms with Gasteiger partial charge in [-0.2, -0.15) is 0 Å². The molecule has 9 heavy (non-hydrogen) atoms. The Bertz CT molecular complexity index is 131. The van der Waals surface area contributed by atoms with Gasteiger partial charge in [0.15, 0.2) is 0 Å². The van der Waals surface area contributed by atoms with Gasteiger partial charge in [0.1, 0.15) is 0 Å². The summed E-state index contributed by atoms with van der Waals surface area (Å²) in [5.41, 5.74) is 7.87. The number of rotatable bonds is 2. The first kappa shape index (κ1) is 8.31. The van der Waals surface area contributed by atoms with Crippen LogP contribution in [0.15, 0.2) is 5.11 Å². The van der Waals surface area contributed by atoms with Crippen LogP contribution in [0.25, 0.3) is 10.4 Å². The standard InChI is InChI=1S/C6H13N3/c1-5(2)6(3,4)8-9-7/h5H,1-4H3. The van der Waals surface area contributed by atoms with Crippen molar-refractivity contribution in [3.05, 3.63) is 10.4 Å². The van der Waals surface area contributed by atoms with Crippen LogP contribution in [0.2, 0.25) is 0 Å². The number of nitrogens with zero attached hydrogens (tertiary/aromatic N) is 3. The van der Waals surface area contributed by atoms with Crippen LogP contribution in [0, 0.1) is 5.92 Å². The third-order valence-corrected chi connectivity index (χ3v) is 1.72. The lowest BCUT2D eigenvalue weighted by atomic mass is 9.92. The van der Waals surface area contributed by atoms with E-state index in [2.05, 4.69) is 10.0 Å². The fourth-order valence-corrected chi connectivity index (χ4v) is 0.231. The minimum Gasteiger partial charge on any atom is -0.0876 e. The van der Waals surface area contributed by atoms with Crippen LogP contribution in [0.1, 0.15) is 27.7 Å². The molecule has 0 spiro atoms. The smallest absolute Gasteiger partial charge is 0.0455 e. The normalized spacial score (nSPS) is 11.2. The molecule has 0 unspecified atom stereocenters. The molecule has 0 N–H and O–H groups in total. The van der Waals surface area contributed by atoms with Crippen LogP contribution < -0.4 is 0 Å². The summed E-state index contributed by atoms with van der Waals surface area (Å²) in [6.45, 7) is 7.93. The Balaban J connectivity index is 4.18. The maximum absolute atomic E-state index is 8.11. The first-order valence-corrected chi connectivity index (χ1v) is 3.07. The molecule has 0 bridgehead atoms. The van der Waals surface area contributed by atoms with E-state index in [1.165, 1.54) is 0 Å². The molecule has 0 aromatic rings. The lowest BCUT2D eigenvalue weighted by Gasteiger charge is -2.21. The van der Waals surface area contributed by atoms with E-state index >= 15 is 0 Å². The van der Waals surface area contributed by atoms with Gasteiger partial charge in [0, 0.05) is 10.5 Å². The fourth-order valence-electron chi connectivity index (χ4n) is 0.231. The highest BCUT2D eigenvalue weighted by molar-refractivity contribution is 4.80. The zero-order valence-electron chi connectivity index (χ0n) is 6.42. The Labute approximate surface area is 55.7 Å². The second kappa shape index (κ2) is 2.74. The second-order valence-electron chi connectivity index (χ2n) is 3.00. The van der Waals surface area contributed by atoms with E-state index in [0.29, 0.717) is 5.92 Å². The first-order chi connectivity index (χ1) is 4.00. The molecular formula is C6H13N3. The van der Waals surface area contributed by atoms with Gasteiger partial charge < -0.3 is 0 Å². The summed E-state index contributed by atoms with van der Waals surface area (Å²) in [5.74, 6) is 0.397. The van der Waals surface area contributed by atoms with Crippen molar-refractivity contribution in [1.82, 2.24) is 0 Å². The third-order valence-electron chi connectivity index (χ3n) is 1.72. The van der Waals surface area contributed by atoms with Crippen LogP contribution in [-0.2, 0) is 0 Å². The molecular weight excluding hydrogens is 114 g/mol. The average Bonchev–Trinajstić information content (AvgIpc) is 1.65. The predicted octanol–water partition coefficient (Wildman–Crippen LogP) is 2.73. The van der Waals surface area contributed by atoms with Crippen molar-refractivity contribution in [3.8, 4) is 0 Å². The molecule has 0 aliphatic heterocycles. The topological polar surface area (TPSA) is 48.8 Å². The summed E-state index contributed by atoms with van der Waals surface area (Å²) >= 11 is 0. The van der Waals surface area contributed by atoms with Crippen LogP contribution in [0.4, 0.5) is 0 Å². The van der Waals surface area contributed by atoms with E-state index in [4.69, 9.17) is 5.53 Å². The van der Waals surface area contributed by atoms with Crippen molar-refractivity contribution in [2.24, 2.45) is 11.0 Å². The van der Waals surface area contributed by atoms with Crippen LogP contribution >= 0.6 is 0 Å².